The number of nitrogens with zero attached hydrogens (tertiary/aromatic N) is 3. The molecule has 144 valence electrons. The Morgan fingerprint density at radius 1 is 1.48 bits per heavy atom. The van der Waals surface area contributed by atoms with E-state index < -0.39 is 0 Å². The zero-order valence-corrected chi connectivity index (χ0v) is 18.4. The first kappa shape index (κ1) is 22.4. The number of anilines is 1. The molecule has 1 saturated heterocycles. The Balaban J connectivity index is 0.00000312. The van der Waals surface area contributed by atoms with Crippen molar-refractivity contribution in [2.45, 2.75) is 19.4 Å². The highest BCUT2D eigenvalue weighted by Crippen LogP contribution is 2.17. The van der Waals surface area contributed by atoms with Gasteiger partial charge < -0.3 is 25.0 Å². The molecule has 2 heterocycles. The zero-order valence-electron chi connectivity index (χ0n) is 15.3. The second kappa shape index (κ2) is 12.7. The van der Waals surface area contributed by atoms with E-state index in [0.717, 1.165) is 62.6 Å². The predicted octanol–water partition coefficient (Wildman–Crippen LogP) is 1.94. The average molecular weight is 483 g/mol. The van der Waals surface area contributed by atoms with Gasteiger partial charge in [-0.1, -0.05) is 0 Å². The number of guanidine groups is 1. The molecule has 1 aromatic rings. The van der Waals surface area contributed by atoms with Crippen LogP contribution in [0, 0.1) is 5.92 Å². The lowest BCUT2D eigenvalue weighted by Crippen LogP contribution is -2.37. The third-order valence-corrected chi connectivity index (χ3v) is 4.78. The molecule has 9 heteroatoms. The van der Waals surface area contributed by atoms with E-state index in [-0.39, 0.29) is 24.0 Å². The number of rotatable bonds is 9. The van der Waals surface area contributed by atoms with Crippen molar-refractivity contribution >= 4 is 46.4 Å². The first-order chi connectivity index (χ1) is 11.7. The summed E-state index contributed by atoms with van der Waals surface area (Å²) in [5.74, 6) is 1.37. The smallest absolute Gasteiger partial charge is 0.191 e. The molecule has 1 aliphatic rings. The Morgan fingerprint density at radius 3 is 2.96 bits per heavy atom. The van der Waals surface area contributed by atoms with Crippen LogP contribution in [-0.4, -0.2) is 65.1 Å². The molecule has 1 unspecified atom stereocenters. The van der Waals surface area contributed by atoms with Gasteiger partial charge in [0.1, 0.15) is 0 Å². The number of aliphatic imine (C=N–C) groups is 1. The molecule has 1 aliphatic heterocycles. The van der Waals surface area contributed by atoms with E-state index >= 15 is 0 Å². The number of thiazole rings is 1. The summed E-state index contributed by atoms with van der Waals surface area (Å²) in [5.41, 5.74) is 1.02. The van der Waals surface area contributed by atoms with Crippen LogP contribution in [0.5, 0.6) is 0 Å². The van der Waals surface area contributed by atoms with Gasteiger partial charge in [0.15, 0.2) is 11.1 Å². The van der Waals surface area contributed by atoms with E-state index in [9.17, 15) is 0 Å². The summed E-state index contributed by atoms with van der Waals surface area (Å²) in [6.45, 7) is 4.81. The van der Waals surface area contributed by atoms with Crippen molar-refractivity contribution in [1.29, 1.82) is 0 Å². The highest BCUT2D eigenvalue weighted by molar-refractivity contribution is 14.0. The maximum absolute atomic E-state index is 5.69. The molecule has 25 heavy (non-hydrogen) atoms. The summed E-state index contributed by atoms with van der Waals surface area (Å²) in [7, 11) is 5.77. The molecular weight excluding hydrogens is 453 g/mol. The summed E-state index contributed by atoms with van der Waals surface area (Å²) < 4.78 is 11.0. The second-order valence-corrected chi connectivity index (χ2v) is 6.86. The SMILES string of the molecule is CN=C(NCCCOCC1CCOC1)NCc1csc(N(C)C)n1.I. The van der Waals surface area contributed by atoms with Crippen LogP contribution in [-0.2, 0) is 16.0 Å². The number of hydrogen-bond donors (Lipinski definition) is 2. The summed E-state index contributed by atoms with van der Waals surface area (Å²) in [4.78, 5) is 10.8. The normalized spacial score (nSPS) is 17.2. The second-order valence-electron chi connectivity index (χ2n) is 6.03. The van der Waals surface area contributed by atoms with Gasteiger partial charge in [-0.25, -0.2) is 4.98 Å². The van der Waals surface area contributed by atoms with Gasteiger partial charge in [-0.15, -0.1) is 35.3 Å². The maximum atomic E-state index is 5.69. The Bertz CT molecular complexity index is 506. The topological polar surface area (TPSA) is 71.0 Å². The van der Waals surface area contributed by atoms with E-state index in [1.807, 2.05) is 19.0 Å². The van der Waals surface area contributed by atoms with Crippen molar-refractivity contribution in [3.63, 3.8) is 0 Å². The van der Waals surface area contributed by atoms with Gasteiger partial charge >= 0.3 is 0 Å². The standard InChI is InChI=1S/C16H29N5O2S.HI/c1-17-15(19-9-14-12-24-16(20-14)21(2)3)18-6-4-7-22-10-13-5-8-23-11-13;/h12-13H,4-11H2,1-3H3,(H2,17,18,19);1H. The Kier molecular flexibility index (Phi) is 11.3. The molecule has 0 aromatic carbocycles. The molecule has 0 amide bonds. The highest BCUT2D eigenvalue weighted by atomic mass is 127. The zero-order chi connectivity index (χ0) is 17.2. The van der Waals surface area contributed by atoms with Gasteiger partial charge in [0.2, 0.25) is 0 Å². The van der Waals surface area contributed by atoms with Crippen molar-refractivity contribution in [3.05, 3.63) is 11.1 Å². The van der Waals surface area contributed by atoms with Crippen molar-refractivity contribution < 1.29 is 9.47 Å². The van der Waals surface area contributed by atoms with E-state index in [0.29, 0.717) is 12.5 Å². The van der Waals surface area contributed by atoms with Crippen LogP contribution in [0.4, 0.5) is 5.13 Å². The van der Waals surface area contributed by atoms with E-state index in [1.165, 1.54) is 0 Å². The molecule has 0 saturated carbocycles. The molecule has 1 aromatic heterocycles. The summed E-state index contributed by atoms with van der Waals surface area (Å²) in [6.07, 6.45) is 2.08. The molecular formula is C16H30IN5O2S. The minimum absolute atomic E-state index is 0. The number of halogens is 1. The third-order valence-electron chi connectivity index (χ3n) is 3.72. The quantitative estimate of drug-likeness (QED) is 0.242. The fourth-order valence-corrected chi connectivity index (χ4v) is 3.08. The first-order valence-corrected chi connectivity index (χ1v) is 9.28. The van der Waals surface area contributed by atoms with Crippen molar-refractivity contribution in [2.24, 2.45) is 10.9 Å². The van der Waals surface area contributed by atoms with Gasteiger partial charge in [-0.05, 0) is 12.8 Å². The fraction of sp³-hybridized carbons (Fsp3) is 0.750. The van der Waals surface area contributed by atoms with Crippen LogP contribution in [0.25, 0.3) is 0 Å². The van der Waals surface area contributed by atoms with Crippen LogP contribution in [0.3, 0.4) is 0 Å². The van der Waals surface area contributed by atoms with E-state index in [2.05, 4.69) is 26.0 Å². The van der Waals surface area contributed by atoms with Crippen LogP contribution < -0.4 is 15.5 Å². The Morgan fingerprint density at radius 2 is 2.32 bits per heavy atom. The maximum Gasteiger partial charge on any atom is 0.191 e. The minimum atomic E-state index is 0. The molecule has 1 atom stereocenters. The summed E-state index contributed by atoms with van der Waals surface area (Å²) in [5, 5.41) is 9.66. The summed E-state index contributed by atoms with van der Waals surface area (Å²) in [6, 6.07) is 0. The van der Waals surface area contributed by atoms with Crippen LogP contribution in [0.1, 0.15) is 18.5 Å². The third kappa shape index (κ3) is 8.52. The first-order valence-electron chi connectivity index (χ1n) is 8.40. The largest absolute Gasteiger partial charge is 0.381 e. The lowest BCUT2D eigenvalue weighted by molar-refractivity contribution is 0.0888. The van der Waals surface area contributed by atoms with Gasteiger partial charge in [-0.3, -0.25) is 4.99 Å². The average Bonchev–Trinajstić information content (AvgIpc) is 3.25. The van der Waals surface area contributed by atoms with Crippen LogP contribution in [0.15, 0.2) is 10.4 Å². The van der Waals surface area contributed by atoms with Gasteiger partial charge in [-0.2, -0.15) is 0 Å². The van der Waals surface area contributed by atoms with Crippen LogP contribution >= 0.6 is 35.3 Å². The molecule has 1 fully saturated rings. The predicted molar refractivity (Wildman–Crippen MR) is 114 cm³/mol. The van der Waals surface area contributed by atoms with Gasteiger partial charge in [0.25, 0.3) is 0 Å². The summed E-state index contributed by atoms with van der Waals surface area (Å²) >= 11 is 1.64. The van der Waals surface area contributed by atoms with Gasteiger partial charge in [0, 0.05) is 52.2 Å². The number of aromatic nitrogens is 1. The molecule has 2 rings (SSSR count). The fourth-order valence-electron chi connectivity index (χ4n) is 2.32. The van der Waals surface area contributed by atoms with Gasteiger partial charge in [0.05, 0.1) is 25.5 Å². The molecule has 2 N–H and O–H groups in total. The van der Waals surface area contributed by atoms with Crippen molar-refractivity contribution in [3.8, 4) is 0 Å². The molecule has 0 aliphatic carbocycles. The highest BCUT2D eigenvalue weighted by Gasteiger charge is 2.15. The number of hydrogen-bond acceptors (Lipinski definition) is 6. The lowest BCUT2D eigenvalue weighted by atomic mass is 10.1. The monoisotopic (exact) mass is 483 g/mol. The van der Waals surface area contributed by atoms with Crippen molar-refractivity contribution in [2.75, 3.05) is 59.0 Å². The molecule has 0 bridgehead atoms. The Labute approximate surface area is 171 Å². The molecule has 7 nitrogen and oxygen atoms in total. The van der Waals surface area contributed by atoms with Crippen LogP contribution in [0.2, 0.25) is 0 Å². The van der Waals surface area contributed by atoms with E-state index in [4.69, 9.17) is 9.47 Å². The molecule has 0 radical (unpaired) electrons. The van der Waals surface area contributed by atoms with Crippen molar-refractivity contribution in [1.82, 2.24) is 15.6 Å². The van der Waals surface area contributed by atoms with E-state index in [1.54, 1.807) is 18.4 Å². The molecule has 0 spiro atoms. The minimum Gasteiger partial charge on any atom is -0.381 e. The lowest BCUT2D eigenvalue weighted by Gasteiger charge is -2.12. The Hall–Kier alpha value is -0.650. The number of ether oxygens (including phenoxy) is 2. The number of nitrogens with one attached hydrogen (secondary N) is 2.